The highest BCUT2D eigenvalue weighted by atomic mass is 16.1. The molecule has 2 aromatic heterocycles. The molecule has 0 N–H and O–H groups in total. The summed E-state index contributed by atoms with van der Waals surface area (Å²) in [5.74, 6) is 1.26. The number of hydrogen-bond donors (Lipinski definition) is 0. The molecule has 0 atom stereocenters. The number of ketones is 1. The first kappa shape index (κ1) is 12.1. The van der Waals surface area contributed by atoms with Crippen molar-refractivity contribution in [1.82, 2.24) is 14.8 Å². The zero-order chi connectivity index (χ0) is 13.4. The van der Waals surface area contributed by atoms with Crippen LogP contribution in [0.15, 0.2) is 24.4 Å². The van der Waals surface area contributed by atoms with Gasteiger partial charge in [-0.1, -0.05) is 19.9 Å². The Balaban J connectivity index is 2.23. The van der Waals surface area contributed by atoms with Gasteiger partial charge in [0.1, 0.15) is 0 Å². The number of pyridine rings is 1. The van der Waals surface area contributed by atoms with Crippen LogP contribution >= 0.6 is 0 Å². The molecule has 0 saturated carbocycles. The summed E-state index contributed by atoms with van der Waals surface area (Å²) < 4.78 is 1.85. The zero-order valence-electron chi connectivity index (χ0n) is 11.3. The van der Waals surface area contributed by atoms with E-state index >= 15 is 0 Å². The molecule has 4 nitrogen and oxygen atoms in total. The van der Waals surface area contributed by atoms with E-state index in [0.29, 0.717) is 6.42 Å². The lowest BCUT2D eigenvalue weighted by Crippen LogP contribution is -2.12. The Labute approximate surface area is 112 Å². The van der Waals surface area contributed by atoms with Gasteiger partial charge in [-0.2, -0.15) is 5.10 Å². The fourth-order valence-electron chi connectivity index (χ4n) is 2.69. The van der Waals surface area contributed by atoms with E-state index in [4.69, 9.17) is 0 Å². The number of Topliss-reactive ketones (excluding diaryl/α,β-unsaturated/α-hetero) is 1. The molecular formula is C15H17N3O. The van der Waals surface area contributed by atoms with Crippen LogP contribution in [0.5, 0.6) is 0 Å². The van der Waals surface area contributed by atoms with Crippen LogP contribution in [-0.2, 0) is 6.42 Å². The van der Waals surface area contributed by atoms with Crippen LogP contribution in [-0.4, -0.2) is 20.5 Å². The van der Waals surface area contributed by atoms with Crippen molar-refractivity contribution in [1.29, 1.82) is 0 Å². The maximum atomic E-state index is 12.2. The van der Waals surface area contributed by atoms with E-state index in [1.807, 2.05) is 22.9 Å². The molecule has 0 amide bonds. The summed E-state index contributed by atoms with van der Waals surface area (Å²) >= 11 is 0. The van der Waals surface area contributed by atoms with E-state index in [9.17, 15) is 4.79 Å². The molecule has 3 rings (SSSR count). The van der Waals surface area contributed by atoms with Crippen molar-refractivity contribution in [3.63, 3.8) is 0 Å². The van der Waals surface area contributed by atoms with Gasteiger partial charge in [0.05, 0.1) is 17.0 Å². The minimum absolute atomic E-state index is 0.229. The maximum Gasteiger partial charge on any atom is 0.166 e. The molecule has 0 radical (unpaired) electrons. The van der Waals surface area contributed by atoms with Gasteiger partial charge in [0.25, 0.3) is 0 Å². The van der Waals surface area contributed by atoms with Crippen molar-refractivity contribution in [2.24, 2.45) is 0 Å². The number of rotatable bonds is 2. The highest BCUT2D eigenvalue weighted by Gasteiger charge is 2.28. The highest BCUT2D eigenvalue weighted by Crippen LogP contribution is 2.30. The fraction of sp³-hybridized carbons (Fsp3) is 0.400. The SMILES string of the molecule is CC(C)c1c2c(nn1-c1ccccn1)CCCC2=O. The van der Waals surface area contributed by atoms with Gasteiger partial charge in [0.15, 0.2) is 11.6 Å². The molecule has 98 valence electrons. The van der Waals surface area contributed by atoms with E-state index < -0.39 is 0 Å². The van der Waals surface area contributed by atoms with Crippen molar-refractivity contribution in [2.45, 2.75) is 39.0 Å². The van der Waals surface area contributed by atoms with E-state index in [-0.39, 0.29) is 11.7 Å². The smallest absolute Gasteiger partial charge is 0.166 e. The molecule has 0 aromatic carbocycles. The summed E-state index contributed by atoms with van der Waals surface area (Å²) in [5.41, 5.74) is 2.77. The first-order chi connectivity index (χ1) is 9.18. The summed E-state index contributed by atoms with van der Waals surface area (Å²) in [6.07, 6.45) is 4.19. The summed E-state index contributed by atoms with van der Waals surface area (Å²) in [6, 6.07) is 5.75. The molecule has 0 bridgehead atoms. The predicted octanol–water partition coefficient (Wildman–Crippen LogP) is 2.91. The van der Waals surface area contributed by atoms with Crippen LogP contribution in [0.3, 0.4) is 0 Å². The Morgan fingerprint density at radius 1 is 1.26 bits per heavy atom. The Morgan fingerprint density at radius 2 is 2.11 bits per heavy atom. The van der Waals surface area contributed by atoms with Crippen LogP contribution < -0.4 is 0 Å². The molecule has 0 unspecified atom stereocenters. The van der Waals surface area contributed by atoms with Gasteiger partial charge < -0.3 is 0 Å². The average molecular weight is 255 g/mol. The van der Waals surface area contributed by atoms with Gasteiger partial charge in [-0.15, -0.1) is 0 Å². The monoisotopic (exact) mass is 255 g/mol. The third-order valence-corrected chi connectivity index (χ3v) is 3.50. The van der Waals surface area contributed by atoms with E-state index in [2.05, 4.69) is 23.9 Å². The second kappa shape index (κ2) is 4.61. The third kappa shape index (κ3) is 1.97. The lowest BCUT2D eigenvalue weighted by Gasteiger charge is -2.13. The standard InChI is InChI=1S/C15H17N3O/c1-10(2)15-14-11(6-5-7-12(14)19)17-18(15)13-8-3-4-9-16-13/h3-4,8-10H,5-7H2,1-2H3. The normalized spacial score (nSPS) is 14.8. The Hall–Kier alpha value is -1.97. The molecule has 19 heavy (non-hydrogen) atoms. The van der Waals surface area contributed by atoms with Crippen LogP contribution in [0, 0.1) is 0 Å². The summed E-state index contributed by atoms with van der Waals surface area (Å²) in [7, 11) is 0. The number of aromatic nitrogens is 3. The maximum absolute atomic E-state index is 12.2. The summed E-state index contributed by atoms with van der Waals surface area (Å²) in [4.78, 5) is 16.5. The zero-order valence-corrected chi connectivity index (χ0v) is 11.3. The Kier molecular flexibility index (Phi) is 2.93. The molecule has 2 heterocycles. The number of carbonyl (C=O) groups is 1. The van der Waals surface area contributed by atoms with Crippen LogP contribution in [0.25, 0.3) is 5.82 Å². The second-order valence-electron chi connectivity index (χ2n) is 5.24. The summed E-state index contributed by atoms with van der Waals surface area (Å²) in [5, 5.41) is 4.63. The first-order valence-electron chi connectivity index (χ1n) is 6.75. The molecular weight excluding hydrogens is 238 g/mol. The molecule has 1 aliphatic rings. The van der Waals surface area contributed by atoms with Crippen molar-refractivity contribution >= 4 is 5.78 Å². The van der Waals surface area contributed by atoms with E-state index in [1.165, 1.54) is 0 Å². The van der Waals surface area contributed by atoms with Crippen molar-refractivity contribution in [3.05, 3.63) is 41.3 Å². The van der Waals surface area contributed by atoms with Crippen molar-refractivity contribution in [2.75, 3.05) is 0 Å². The quantitative estimate of drug-likeness (QED) is 0.829. The largest absolute Gasteiger partial charge is 0.294 e. The number of nitrogens with zero attached hydrogens (tertiary/aromatic N) is 3. The summed E-state index contributed by atoms with van der Waals surface area (Å²) in [6.45, 7) is 4.19. The molecule has 1 aliphatic carbocycles. The molecule has 0 fully saturated rings. The minimum atomic E-state index is 0.229. The molecule has 0 aliphatic heterocycles. The van der Waals surface area contributed by atoms with Gasteiger partial charge in [0.2, 0.25) is 0 Å². The Morgan fingerprint density at radius 3 is 2.79 bits per heavy atom. The molecule has 2 aromatic rings. The molecule has 4 heteroatoms. The number of fused-ring (bicyclic) bond motifs is 1. The minimum Gasteiger partial charge on any atom is -0.294 e. The van der Waals surface area contributed by atoms with Crippen molar-refractivity contribution < 1.29 is 4.79 Å². The number of hydrogen-bond acceptors (Lipinski definition) is 3. The molecule has 0 spiro atoms. The Bertz CT molecular complexity index is 614. The van der Waals surface area contributed by atoms with Gasteiger partial charge in [-0.25, -0.2) is 9.67 Å². The van der Waals surface area contributed by atoms with Crippen LogP contribution in [0.2, 0.25) is 0 Å². The van der Waals surface area contributed by atoms with E-state index in [0.717, 1.165) is 35.6 Å². The fourth-order valence-corrected chi connectivity index (χ4v) is 2.69. The number of aryl methyl sites for hydroxylation is 1. The lowest BCUT2D eigenvalue weighted by atomic mass is 9.91. The van der Waals surface area contributed by atoms with Crippen molar-refractivity contribution in [3.8, 4) is 5.82 Å². The molecule has 0 saturated heterocycles. The third-order valence-electron chi connectivity index (χ3n) is 3.50. The van der Waals surface area contributed by atoms with Gasteiger partial charge in [0, 0.05) is 12.6 Å². The average Bonchev–Trinajstić information content (AvgIpc) is 2.81. The van der Waals surface area contributed by atoms with E-state index in [1.54, 1.807) is 6.20 Å². The van der Waals surface area contributed by atoms with Crippen LogP contribution in [0.1, 0.15) is 54.4 Å². The lowest BCUT2D eigenvalue weighted by molar-refractivity contribution is 0.0971. The predicted molar refractivity (Wildman–Crippen MR) is 72.7 cm³/mol. The number of carbonyl (C=O) groups excluding carboxylic acids is 1. The van der Waals surface area contributed by atoms with Gasteiger partial charge in [-0.3, -0.25) is 4.79 Å². The van der Waals surface area contributed by atoms with Gasteiger partial charge in [-0.05, 0) is 30.9 Å². The topological polar surface area (TPSA) is 47.8 Å². The second-order valence-corrected chi connectivity index (χ2v) is 5.24. The van der Waals surface area contributed by atoms with Gasteiger partial charge >= 0.3 is 0 Å². The first-order valence-corrected chi connectivity index (χ1v) is 6.75. The highest BCUT2D eigenvalue weighted by molar-refractivity contribution is 5.99. The van der Waals surface area contributed by atoms with Crippen LogP contribution in [0.4, 0.5) is 0 Å².